The minimum absolute atomic E-state index is 0.0155. The molecule has 0 amide bonds. The van der Waals surface area contributed by atoms with E-state index in [0.717, 1.165) is 18.8 Å². The molecule has 0 bridgehead atoms. The highest BCUT2D eigenvalue weighted by Crippen LogP contribution is 2.68. The number of halogens is 1. The van der Waals surface area contributed by atoms with Crippen LogP contribution in [0, 0.1) is 28.6 Å². The Morgan fingerprint density at radius 3 is 2.65 bits per heavy atom. The zero-order valence-corrected chi connectivity index (χ0v) is 16.9. The van der Waals surface area contributed by atoms with Gasteiger partial charge < -0.3 is 9.84 Å². The normalized spacial score (nSPS) is 55.6. The Labute approximate surface area is 154 Å². The van der Waals surface area contributed by atoms with Crippen LogP contribution in [0.3, 0.4) is 0 Å². The zero-order chi connectivity index (χ0) is 16.5. The molecular formula is C20H31IO2. The van der Waals surface area contributed by atoms with Crippen LogP contribution in [0.5, 0.6) is 0 Å². The summed E-state index contributed by atoms with van der Waals surface area (Å²) in [6.45, 7) is 4.87. The van der Waals surface area contributed by atoms with Crippen LogP contribution in [0.25, 0.3) is 0 Å². The molecule has 0 aliphatic heterocycles. The van der Waals surface area contributed by atoms with E-state index < -0.39 is 5.60 Å². The first-order valence-electron chi connectivity index (χ1n) is 9.46. The summed E-state index contributed by atoms with van der Waals surface area (Å²) in [5.41, 5.74) is -0.0524. The summed E-state index contributed by atoms with van der Waals surface area (Å²) in [6, 6.07) is 0. The molecular weight excluding hydrogens is 399 g/mol. The summed E-state index contributed by atoms with van der Waals surface area (Å²) in [5.74, 6) is 1.99. The van der Waals surface area contributed by atoms with Crippen LogP contribution in [0.2, 0.25) is 0 Å². The van der Waals surface area contributed by atoms with E-state index in [-0.39, 0.29) is 5.41 Å². The first kappa shape index (κ1) is 16.8. The van der Waals surface area contributed by atoms with E-state index in [2.05, 4.69) is 42.5 Å². The van der Waals surface area contributed by atoms with Crippen LogP contribution >= 0.6 is 22.6 Å². The monoisotopic (exact) mass is 430 g/mol. The van der Waals surface area contributed by atoms with Crippen LogP contribution in [0.4, 0.5) is 0 Å². The molecule has 0 spiro atoms. The predicted molar refractivity (Wildman–Crippen MR) is 101 cm³/mol. The fourth-order valence-corrected chi connectivity index (χ4v) is 7.87. The molecule has 0 aromatic rings. The van der Waals surface area contributed by atoms with E-state index in [0.29, 0.717) is 23.4 Å². The quantitative estimate of drug-likeness (QED) is 0.588. The molecule has 4 rings (SSSR count). The molecule has 1 N–H and O–H groups in total. The van der Waals surface area contributed by atoms with E-state index in [4.69, 9.17) is 4.74 Å². The van der Waals surface area contributed by atoms with Crippen molar-refractivity contribution in [3.05, 3.63) is 9.66 Å². The van der Waals surface area contributed by atoms with Crippen molar-refractivity contribution in [3.8, 4) is 0 Å². The fourth-order valence-electron chi connectivity index (χ4n) is 6.92. The van der Waals surface area contributed by atoms with Crippen LogP contribution in [0.1, 0.15) is 65.2 Å². The topological polar surface area (TPSA) is 29.5 Å². The molecule has 0 aromatic carbocycles. The fraction of sp³-hybridized carbons (Fsp3) is 0.900. The Morgan fingerprint density at radius 2 is 1.91 bits per heavy atom. The molecule has 0 unspecified atom stereocenters. The van der Waals surface area contributed by atoms with Gasteiger partial charge in [-0.2, -0.15) is 0 Å². The Hall–Kier alpha value is 0.390. The average molecular weight is 430 g/mol. The lowest BCUT2D eigenvalue weighted by molar-refractivity contribution is -0.196. The van der Waals surface area contributed by atoms with Crippen LogP contribution in [-0.4, -0.2) is 23.9 Å². The highest BCUT2D eigenvalue weighted by Gasteiger charge is 2.65. The molecule has 3 fully saturated rings. The Bertz CT molecular complexity index is 532. The van der Waals surface area contributed by atoms with E-state index >= 15 is 0 Å². The van der Waals surface area contributed by atoms with Crippen molar-refractivity contribution in [2.75, 3.05) is 7.11 Å². The second kappa shape index (κ2) is 5.44. The third kappa shape index (κ3) is 2.11. The van der Waals surface area contributed by atoms with Gasteiger partial charge in [0.15, 0.2) is 0 Å². The first-order valence-corrected chi connectivity index (χ1v) is 10.5. The van der Waals surface area contributed by atoms with E-state index in [9.17, 15) is 5.11 Å². The SMILES string of the molecule is CO[C@H]1CC[C@@]2(C)[C@@H](CC[C@@H]3[C@@H]2CC[C@]2(C)C(I)=CC[C@]32O)C1. The van der Waals surface area contributed by atoms with Crippen molar-refractivity contribution in [1.82, 2.24) is 0 Å². The largest absolute Gasteiger partial charge is 0.388 e. The number of methoxy groups -OCH3 is 1. The minimum atomic E-state index is -0.488. The van der Waals surface area contributed by atoms with Gasteiger partial charge >= 0.3 is 0 Å². The molecule has 23 heavy (non-hydrogen) atoms. The van der Waals surface area contributed by atoms with Gasteiger partial charge in [0.1, 0.15) is 0 Å². The van der Waals surface area contributed by atoms with E-state index in [1.807, 2.05) is 7.11 Å². The Kier molecular flexibility index (Phi) is 3.98. The number of ether oxygens (including phenoxy) is 1. The third-order valence-corrected chi connectivity index (χ3v) is 10.3. The van der Waals surface area contributed by atoms with Crippen molar-refractivity contribution in [2.24, 2.45) is 28.6 Å². The number of aliphatic hydroxyl groups is 1. The minimum Gasteiger partial charge on any atom is -0.388 e. The number of rotatable bonds is 1. The van der Waals surface area contributed by atoms with Gasteiger partial charge in [-0.05, 0) is 101 Å². The summed E-state index contributed by atoms with van der Waals surface area (Å²) in [7, 11) is 1.87. The molecule has 130 valence electrons. The predicted octanol–water partition coefficient (Wildman–Crippen LogP) is 5.09. The van der Waals surface area contributed by atoms with E-state index in [1.165, 1.54) is 42.1 Å². The number of fused-ring (bicyclic) bond motifs is 5. The van der Waals surface area contributed by atoms with Crippen molar-refractivity contribution >= 4 is 22.6 Å². The molecule has 4 aliphatic carbocycles. The van der Waals surface area contributed by atoms with Gasteiger partial charge in [0.05, 0.1) is 11.7 Å². The lowest BCUT2D eigenvalue weighted by atomic mass is 9.44. The Morgan fingerprint density at radius 1 is 1.13 bits per heavy atom. The molecule has 0 radical (unpaired) electrons. The average Bonchev–Trinajstić information content (AvgIpc) is 2.78. The lowest BCUT2D eigenvalue weighted by Gasteiger charge is -2.63. The lowest BCUT2D eigenvalue weighted by Crippen LogP contribution is -2.61. The van der Waals surface area contributed by atoms with Gasteiger partial charge in [0.2, 0.25) is 0 Å². The first-order chi connectivity index (χ1) is 10.8. The zero-order valence-electron chi connectivity index (χ0n) is 14.8. The van der Waals surface area contributed by atoms with E-state index in [1.54, 1.807) is 0 Å². The summed E-state index contributed by atoms with van der Waals surface area (Å²) >= 11 is 2.49. The van der Waals surface area contributed by atoms with Crippen LogP contribution in [-0.2, 0) is 4.74 Å². The summed E-state index contributed by atoms with van der Waals surface area (Å²) in [6.07, 6.45) is 12.4. The molecule has 3 saturated carbocycles. The summed E-state index contributed by atoms with van der Waals surface area (Å²) < 4.78 is 7.09. The molecule has 3 heteroatoms. The Balaban J connectivity index is 1.65. The molecule has 2 nitrogen and oxygen atoms in total. The van der Waals surface area contributed by atoms with Gasteiger partial charge in [0, 0.05) is 12.5 Å². The second-order valence-corrected chi connectivity index (χ2v) is 10.3. The highest BCUT2D eigenvalue weighted by molar-refractivity contribution is 14.1. The summed E-state index contributed by atoms with van der Waals surface area (Å²) in [5, 5.41) is 11.8. The number of hydrogen-bond acceptors (Lipinski definition) is 2. The highest BCUT2D eigenvalue weighted by atomic mass is 127. The van der Waals surface area contributed by atoms with Gasteiger partial charge in [-0.25, -0.2) is 0 Å². The van der Waals surface area contributed by atoms with Crippen LogP contribution in [0.15, 0.2) is 9.66 Å². The van der Waals surface area contributed by atoms with Crippen LogP contribution < -0.4 is 0 Å². The van der Waals surface area contributed by atoms with Crippen molar-refractivity contribution in [1.29, 1.82) is 0 Å². The summed E-state index contributed by atoms with van der Waals surface area (Å²) in [4.78, 5) is 0. The van der Waals surface area contributed by atoms with Gasteiger partial charge in [-0.15, -0.1) is 0 Å². The maximum atomic E-state index is 11.8. The maximum absolute atomic E-state index is 11.8. The second-order valence-electron chi connectivity index (χ2n) is 9.18. The van der Waals surface area contributed by atoms with Crippen molar-refractivity contribution in [2.45, 2.75) is 76.9 Å². The smallest absolute Gasteiger partial charge is 0.0810 e. The third-order valence-electron chi connectivity index (χ3n) is 8.62. The van der Waals surface area contributed by atoms with Gasteiger partial charge in [-0.1, -0.05) is 19.9 Å². The number of hydrogen-bond donors (Lipinski definition) is 1. The molecule has 0 saturated heterocycles. The van der Waals surface area contributed by atoms with Gasteiger partial charge in [-0.3, -0.25) is 0 Å². The van der Waals surface area contributed by atoms with Crippen molar-refractivity contribution < 1.29 is 9.84 Å². The maximum Gasteiger partial charge on any atom is 0.0810 e. The standard InChI is InChI=1S/C20H31IO2/c1-18-9-6-14(23-3)12-13(18)4-5-16-15(18)7-10-19(2)17(21)8-11-20(16,19)22/h8,13-16,22H,4-7,9-12H2,1-3H3/t13-,14-,15-,16+,18-,19+,20-/m0/s1. The molecule has 0 heterocycles. The molecule has 4 aliphatic rings. The molecule has 0 aromatic heterocycles. The van der Waals surface area contributed by atoms with Gasteiger partial charge in [0.25, 0.3) is 0 Å². The molecule has 7 atom stereocenters. The van der Waals surface area contributed by atoms with Crippen molar-refractivity contribution in [3.63, 3.8) is 0 Å².